The summed E-state index contributed by atoms with van der Waals surface area (Å²) in [6, 6.07) is 22.7. The van der Waals surface area contributed by atoms with Crippen molar-refractivity contribution >= 4 is 23.0 Å². The molecule has 32 heavy (non-hydrogen) atoms. The van der Waals surface area contributed by atoms with E-state index in [0.29, 0.717) is 5.11 Å². The fraction of sp³-hybridized carbons (Fsp3) is 0.154. The van der Waals surface area contributed by atoms with E-state index in [9.17, 15) is 4.39 Å². The van der Waals surface area contributed by atoms with Gasteiger partial charge in [-0.25, -0.2) is 4.39 Å². The van der Waals surface area contributed by atoms with Crippen molar-refractivity contribution in [3.8, 4) is 5.69 Å². The van der Waals surface area contributed by atoms with Crippen LogP contribution in [-0.2, 0) is 0 Å². The van der Waals surface area contributed by atoms with Crippen molar-refractivity contribution < 1.29 is 4.39 Å². The zero-order valence-electron chi connectivity index (χ0n) is 17.9. The van der Waals surface area contributed by atoms with Crippen molar-refractivity contribution in [3.05, 3.63) is 114 Å². The minimum Gasteiger partial charge on any atom is -0.351 e. The number of nitrogens with one attached hydrogen (secondary N) is 1. The average molecular weight is 443 g/mol. The predicted octanol–water partition coefficient (Wildman–Crippen LogP) is 5.81. The van der Waals surface area contributed by atoms with Crippen molar-refractivity contribution in [2.24, 2.45) is 0 Å². The van der Waals surface area contributed by atoms with Crippen LogP contribution in [0.4, 0.5) is 10.1 Å². The molecule has 0 aliphatic carbocycles. The molecular weight excluding hydrogens is 419 g/mol. The summed E-state index contributed by atoms with van der Waals surface area (Å²) >= 11 is 5.83. The SMILES string of the molecule is Cc1ccc(N2C(=S)NC(c3ccccn3)C2c2cccn2-c2ccc(F)cc2)cc1C. The van der Waals surface area contributed by atoms with Crippen LogP contribution in [0.3, 0.4) is 0 Å². The fourth-order valence-corrected chi connectivity index (χ4v) is 4.63. The van der Waals surface area contributed by atoms with Crippen molar-refractivity contribution in [2.45, 2.75) is 25.9 Å². The van der Waals surface area contributed by atoms with E-state index in [2.05, 4.69) is 57.9 Å². The number of halogens is 1. The Balaban J connectivity index is 1.67. The Morgan fingerprint density at radius 2 is 1.69 bits per heavy atom. The number of thiocarbonyl (C=S) groups is 1. The van der Waals surface area contributed by atoms with Gasteiger partial charge in [-0.1, -0.05) is 12.1 Å². The minimum atomic E-state index is -0.255. The van der Waals surface area contributed by atoms with Gasteiger partial charge in [0, 0.05) is 29.5 Å². The lowest BCUT2D eigenvalue weighted by atomic mass is 10.00. The van der Waals surface area contributed by atoms with Crippen molar-refractivity contribution in [2.75, 3.05) is 4.90 Å². The summed E-state index contributed by atoms with van der Waals surface area (Å²) in [5, 5.41) is 4.15. The van der Waals surface area contributed by atoms with Crippen LogP contribution in [0.1, 0.15) is 34.6 Å². The lowest BCUT2D eigenvalue weighted by Gasteiger charge is -2.29. The summed E-state index contributed by atoms with van der Waals surface area (Å²) in [7, 11) is 0. The van der Waals surface area contributed by atoms with Crippen molar-refractivity contribution in [3.63, 3.8) is 0 Å². The zero-order chi connectivity index (χ0) is 22.2. The van der Waals surface area contributed by atoms with Crippen LogP contribution in [0, 0.1) is 19.7 Å². The van der Waals surface area contributed by atoms with Gasteiger partial charge in [0.1, 0.15) is 11.9 Å². The van der Waals surface area contributed by atoms with E-state index in [1.807, 2.05) is 30.5 Å². The van der Waals surface area contributed by atoms with E-state index >= 15 is 0 Å². The van der Waals surface area contributed by atoms with E-state index in [-0.39, 0.29) is 17.9 Å². The van der Waals surface area contributed by atoms with Crippen LogP contribution in [-0.4, -0.2) is 14.7 Å². The minimum absolute atomic E-state index is 0.139. The lowest BCUT2D eigenvalue weighted by Crippen LogP contribution is -2.30. The molecule has 4 nitrogen and oxygen atoms in total. The number of hydrogen-bond donors (Lipinski definition) is 1. The normalized spacial score (nSPS) is 18.1. The average Bonchev–Trinajstić information content (AvgIpc) is 3.41. The Hall–Kier alpha value is -3.51. The molecule has 1 aliphatic rings. The van der Waals surface area contributed by atoms with Gasteiger partial charge in [-0.05, 0) is 97.9 Å². The van der Waals surface area contributed by atoms with Crippen LogP contribution >= 0.6 is 12.2 Å². The lowest BCUT2D eigenvalue weighted by molar-refractivity contribution is 0.549. The first-order valence-corrected chi connectivity index (χ1v) is 10.9. The molecule has 2 aromatic carbocycles. The maximum atomic E-state index is 13.6. The Labute approximate surface area is 192 Å². The summed E-state index contributed by atoms with van der Waals surface area (Å²) < 4.78 is 15.7. The molecule has 2 aromatic heterocycles. The zero-order valence-corrected chi connectivity index (χ0v) is 18.7. The Kier molecular flexibility index (Phi) is 5.23. The molecule has 0 saturated carbocycles. The fourth-order valence-electron chi connectivity index (χ4n) is 4.28. The van der Waals surface area contributed by atoms with E-state index in [4.69, 9.17) is 12.2 Å². The third-order valence-electron chi connectivity index (χ3n) is 6.05. The second-order valence-electron chi connectivity index (χ2n) is 8.04. The number of anilines is 1. The van der Waals surface area contributed by atoms with Crippen LogP contribution in [0.5, 0.6) is 0 Å². The molecular formula is C26H23FN4S. The summed E-state index contributed by atoms with van der Waals surface area (Å²) in [5.74, 6) is -0.255. The molecule has 0 amide bonds. The molecule has 1 fully saturated rings. The van der Waals surface area contributed by atoms with Gasteiger partial charge in [0.2, 0.25) is 0 Å². The molecule has 160 valence electrons. The standard InChI is InChI=1S/C26H23FN4S/c1-17-8-11-21(16-18(17)2)31-25(24(29-26(31)32)22-6-3-4-14-28-22)23-7-5-15-30(23)20-12-9-19(27)10-13-20/h3-16,24-25H,1-2H3,(H,29,32). The maximum Gasteiger partial charge on any atom is 0.174 e. The third-order valence-corrected chi connectivity index (χ3v) is 6.37. The second kappa shape index (κ2) is 8.20. The van der Waals surface area contributed by atoms with Gasteiger partial charge < -0.3 is 14.8 Å². The highest BCUT2D eigenvalue weighted by atomic mass is 32.1. The van der Waals surface area contributed by atoms with Crippen molar-refractivity contribution in [1.29, 1.82) is 0 Å². The molecule has 0 spiro atoms. The van der Waals surface area contributed by atoms with Crippen LogP contribution in [0.15, 0.2) is 85.2 Å². The molecule has 0 radical (unpaired) electrons. The van der Waals surface area contributed by atoms with Gasteiger partial charge in [0.05, 0.1) is 11.7 Å². The van der Waals surface area contributed by atoms with Crippen LogP contribution < -0.4 is 10.2 Å². The molecule has 2 atom stereocenters. The number of aryl methyl sites for hydroxylation is 2. The molecule has 1 saturated heterocycles. The van der Waals surface area contributed by atoms with E-state index in [1.165, 1.54) is 23.3 Å². The van der Waals surface area contributed by atoms with Gasteiger partial charge in [-0.15, -0.1) is 0 Å². The van der Waals surface area contributed by atoms with Gasteiger partial charge in [0.15, 0.2) is 5.11 Å². The van der Waals surface area contributed by atoms with Gasteiger partial charge in [0.25, 0.3) is 0 Å². The smallest absolute Gasteiger partial charge is 0.174 e. The number of hydrogen-bond acceptors (Lipinski definition) is 2. The quantitative estimate of drug-likeness (QED) is 0.405. The Bertz CT molecular complexity index is 1270. The van der Waals surface area contributed by atoms with Crippen LogP contribution in [0.2, 0.25) is 0 Å². The predicted molar refractivity (Wildman–Crippen MR) is 130 cm³/mol. The third kappa shape index (κ3) is 3.56. The highest BCUT2D eigenvalue weighted by Gasteiger charge is 2.42. The molecule has 1 aliphatic heterocycles. The van der Waals surface area contributed by atoms with Gasteiger partial charge >= 0.3 is 0 Å². The Morgan fingerprint density at radius 3 is 2.41 bits per heavy atom. The highest BCUT2D eigenvalue weighted by Crippen LogP contribution is 2.42. The van der Waals surface area contributed by atoms with E-state index in [1.54, 1.807) is 18.3 Å². The first kappa shape index (κ1) is 20.4. The summed E-state index contributed by atoms with van der Waals surface area (Å²) in [5.41, 5.74) is 6.32. The molecule has 2 unspecified atom stereocenters. The molecule has 5 rings (SSSR count). The van der Waals surface area contributed by atoms with Crippen molar-refractivity contribution in [1.82, 2.24) is 14.9 Å². The summed E-state index contributed by atoms with van der Waals surface area (Å²) in [4.78, 5) is 6.78. The molecule has 6 heteroatoms. The number of nitrogens with zero attached hydrogens (tertiary/aromatic N) is 3. The first-order chi connectivity index (χ1) is 15.5. The summed E-state index contributed by atoms with van der Waals surface area (Å²) in [6.45, 7) is 4.21. The number of benzene rings is 2. The number of rotatable bonds is 4. The van der Waals surface area contributed by atoms with Gasteiger partial charge in [-0.2, -0.15) is 0 Å². The molecule has 0 bridgehead atoms. The molecule has 1 N–H and O–H groups in total. The number of pyridine rings is 1. The Morgan fingerprint density at radius 1 is 0.906 bits per heavy atom. The maximum absolute atomic E-state index is 13.6. The van der Waals surface area contributed by atoms with Crippen LogP contribution in [0.25, 0.3) is 5.69 Å². The first-order valence-electron chi connectivity index (χ1n) is 10.5. The topological polar surface area (TPSA) is 33.1 Å². The van der Waals surface area contributed by atoms with Gasteiger partial charge in [-0.3, -0.25) is 4.98 Å². The van der Waals surface area contributed by atoms with E-state index < -0.39 is 0 Å². The highest BCUT2D eigenvalue weighted by molar-refractivity contribution is 7.80. The second-order valence-corrected chi connectivity index (χ2v) is 8.43. The largest absolute Gasteiger partial charge is 0.351 e. The molecule has 3 heterocycles. The van der Waals surface area contributed by atoms with E-state index in [0.717, 1.165) is 22.8 Å². The molecule has 4 aromatic rings. The summed E-state index contributed by atoms with van der Waals surface area (Å²) in [6.07, 6.45) is 3.80. The number of aromatic nitrogens is 2. The monoisotopic (exact) mass is 442 g/mol.